The van der Waals surface area contributed by atoms with Gasteiger partial charge < -0.3 is 10.0 Å². The molecular weight excluding hydrogens is 76.1 g/mol. The number of hydrogen-bond donors (Lipinski definition) is 0. The molecule has 2 heteroatoms. The summed E-state index contributed by atoms with van der Waals surface area (Å²) in [5.41, 5.74) is 3.96. The van der Waals surface area contributed by atoms with Crippen LogP contribution >= 0.6 is 0 Å². The van der Waals surface area contributed by atoms with Gasteiger partial charge in [0.15, 0.2) is 0 Å². The highest BCUT2D eigenvalue weighted by Gasteiger charge is 1.84. The third-order valence-electron chi connectivity index (χ3n) is 0.600. The molecule has 0 rings (SSSR count). The molecule has 0 unspecified atom stereocenters. The average molecular weight is 88.2 g/mol. The van der Waals surface area contributed by atoms with E-state index in [4.69, 9.17) is 0 Å². The van der Waals surface area contributed by atoms with E-state index in [1.165, 1.54) is 0 Å². The van der Waals surface area contributed by atoms with E-state index in [2.05, 4.69) is 5.43 Å². The minimum Gasteiger partial charge on any atom is -0.456 e. The van der Waals surface area contributed by atoms with Crippen molar-refractivity contribution in [2.24, 2.45) is 0 Å². The van der Waals surface area contributed by atoms with E-state index >= 15 is 0 Å². The molecular formula is C4H12N2. The van der Waals surface area contributed by atoms with E-state index in [1.54, 1.807) is 7.05 Å². The fraction of sp³-hybridized carbons (Fsp3) is 1.00. The highest BCUT2D eigenvalue weighted by Crippen LogP contribution is 1.93. The number of nitrogens with zero attached hydrogens (tertiary/aromatic N) is 2. The van der Waals surface area contributed by atoms with Gasteiger partial charge >= 0.3 is 0 Å². The molecule has 0 aromatic heterocycles. The summed E-state index contributed by atoms with van der Waals surface area (Å²) in [7, 11) is 7.85. The molecule has 0 N–H and O–H groups in total. The van der Waals surface area contributed by atoms with Gasteiger partial charge in [-0.2, -0.15) is 0 Å². The lowest BCUT2D eigenvalue weighted by atomic mass is 10.9. The summed E-state index contributed by atoms with van der Waals surface area (Å²) in [5, 5.41) is 0. The Morgan fingerprint density at radius 1 is 1.17 bits per heavy atom. The molecule has 0 amide bonds. The first-order valence-electron chi connectivity index (χ1n) is 1.99. The van der Waals surface area contributed by atoms with Crippen molar-refractivity contribution in [2.45, 2.75) is 0 Å². The van der Waals surface area contributed by atoms with Crippen LogP contribution in [0.4, 0.5) is 0 Å². The van der Waals surface area contributed by atoms with Crippen LogP contribution in [0.5, 0.6) is 0 Å². The van der Waals surface area contributed by atoms with E-state index in [-0.39, 0.29) is 0 Å². The van der Waals surface area contributed by atoms with Gasteiger partial charge in [0.2, 0.25) is 0 Å². The molecule has 0 fully saturated rings. The standard InChI is InChI=1S/C4H12N2/c1-5-6(2,3)4/h1-4H3. The Labute approximate surface area is 39.3 Å². The molecule has 0 bridgehead atoms. The third kappa shape index (κ3) is 3.92. The zero-order chi connectivity index (χ0) is 5.21. The van der Waals surface area contributed by atoms with E-state index in [1.807, 2.05) is 21.1 Å². The van der Waals surface area contributed by atoms with Crippen LogP contribution in [0.25, 0.3) is 5.43 Å². The van der Waals surface area contributed by atoms with Crippen LogP contribution in [-0.2, 0) is 0 Å². The Bertz CT molecular complexity index is 35.3. The molecule has 0 saturated heterocycles. The van der Waals surface area contributed by atoms with Crippen LogP contribution in [0.15, 0.2) is 0 Å². The van der Waals surface area contributed by atoms with Gasteiger partial charge in [0.1, 0.15) is 0 Å². The van der Waals surface area contributed by atoms with Crippen molar-refractivity contribution in [2.75, 3.05) is 28.2 Å². The second-order valence-electron chi connectivity index (χ2n) is 2.14. The first-order chi connectivity index (χ1) is 2.56. The molecule has 0 spiro atoms. The second-order valence-corrected chi connectivity index (χ2v) is 2.14. The van der Waals surface area contributed by atoms with Gasteiger partial charge in [-0.1, -0.05) is 0 Å². The second kappa shape index (κ2) is 1.58. The van der Waals surface area contributed by atoms with Gasteiger partial charge in [0.05, 0.1) is 21.1 Å². The van der Waals surface area contributed by atoms with E-state index in [9.17, 15) is 0 Å². The molecule has 2 nitrogen and oxygen atoms in total. The number of rotatable bonds is 1. The first-order valence-corrected chi connectivity index (χ1v) is 1.99. The molecule has 0 aliphatic carbocycles. The monoisotopic (exact) mass is 88.1 g/mol. The molecule has 38 valence electrons. The van der Waals surface area contributed by atoms with Crippen LogP contribution in [-0.4, -0.2) is 32.8 Å². The summed E-state index contributed by atoms with van der Waals surface area (Å²) >= 11 is 0. The van der Waals surface area contributed by atoms with Crippen molar-refractivity contribution in [3.05, 3.63) is 5.43 Å². The lowest BCUT2D eigenvalue weighted by Crippen LogP contribution is -2.27. The Morgan fingerprint density at radius 3 is 1.33 bits per heavy atom. The Morgan fingerprint density at radius 2 is 1.33 bits per heavy atom. The van der Waals surface area contributed by atoms with Crippen molar-refractivity contribution >= 4 is 0 Å². The normalized spacial score (nSPS) is 12.0. The molecule has 0 radical (unpaired) electrons. The predicted molar refractivity (Wildman–Crippen MR) is 27.3 cm³/mol. The largest absolute Gasteiger partial charge is 0.456 e. The van der Waals surface area contributed by atoms with Gasteiger partial charge in [-0.05, 0) is 0 Å². The molecule has 0 aliphatic rings. The molecule has 6 heavy (non-hydrogen) atoms. The maximum absolute atomic E-state index is 3.96. The lowest BCUT2D eigenvalue weighted by molar-refractivity contribution is -0.831. The van der Waals surface area contributed by atoms with Crippen molar-refractivity contribution in [1.29, 1.82) is 0 Å². The van der Waals surface area contributed by atoms with Crippen LogP contribution in [0.3, 0.4) is 0 Å². The highest BCUT2D eigenvalue weighted by atomic mass is 15.6. The first kappa shape index (κ1) is 5.92. The summed E-state index contributed by atoms with van der Waals surface area (Å²) < 4.78 is 0.694. The summed E-state index contributed by atoms with van der Waals surface area (Å²) in [5.74, 6) is 0. The van der Waals surface area contributed by atoms with Gasteiger partial charge in [0, 0.05) is 0 Å². The summed E-state index contributed by atoms with van der Waals surface area (Å²) in [6, 6.07) is 0. The smallest absolute Gasteiger partial charge is 0.0588 e. The maximum Gasteiger partial charge on any atom is 0.0588 e. The molecule has 0 heterocycles. The predicted octanol–water partition coefficient (Wildman–Crippen LogP) is 0.611. The third-order valence-corrected chi connectivity index (χ3v) is 0.600. The van der Waals surface area contributed by atoms with Crippen LogP contribution in [0.1, 0.15) is 0 Å². The summed E-state index contributed by atoms with van der Waals surface area (Å²) in [4.78, 5) is 0. The fourth-order valence-corrected chi connectivity index (χ4v) is 0. The summed E-state index contributed by atoms with van der Waals surface area (Å²) in [6.45, 7) is 0. The quantitative estimate of drug-likeness (QED) is 0.329. The average Bonchev–Trinajstić information content (AvgIpc) is 1.35. The van der Waals surface area contributed by atoms with Gasteiger partial charge in [-0.3, -0.25) is 0 Å². The number of quaternary nitrogens is 1. The van der Waals surface area contributed by atoms with Crippen molar-refractivity contribution in [1.82, 2.24) is 0 Å². The Kier molecular flexibility index (Phi) is 1.56. The molecule has 0 aromatic rings. The topological polar surface area (TPSA) is 14.1 Å². The molecule has 0 aliphatic heterocycles. The van der Waals surface area contributed by atoms with Crippen LogP contribution in [0, 0.1) is 0 Å². The van der Waals surface area contributed by atoms with Crippen molar-refractivity contribution in [3.8, 4) is 0 Å². The van der Waals surface area contributed by atoms with E-state index < -0.39 is 0 Å². The Hall–Kier alpha value is -0.0800. The highest BCUT2D eigenvalue weighted by molar-refractivity contribution is 4.40. The van der Waals surface area contributed by atoms with Gasteiger partial charge in [-0.25, -0.2) is 0 Å². The molecule has 0 aromatic carbocycles. The molecule has 0 atom stereocenters. The molecule has 0 saturated carbocycles. The van der Waals surface area contributed by atoms with E-state index in [0.29, 0.717) is 4.59 Å². The Balaban J connectivity index is 3.17. The zero-order valence-electron chi connectivity index (χ0n) is 4.89. The lowest BCUT2D eigenvalue weighted by Gasteiger charge is -2.34. The minimum atomic E-state index is 0.694. The van der Waals surface area contributed by atoms with Crippen molar-refractivity contribution < 1.29 is 4.59 Å². The van der Waals surface area contributed by atoms with Crippen LogP contribution in [0.2, 0.25) is 0 Å². The SMILES string of the molecule is C[N-][N+](C)(C)C. The van der Waals surface area contributed by atoms with Crippen molar-refractivity contribution in [3.63, 3.8) is 0 Å². The van der Waals surface area contributed by atoms with Gasteiger partial charge in [-0.15, -0.1) is 7.05 Å². The van der Waals surface area contributed by atoms with Crippen LogP contribution < -0.4 is 0 Å². The van der Waals surface area contributed by atoms with E-state index in [0.717, 1.165) is 0 Å². The zero-order valence-corrected chi connectivity index (χ0v) is 4.89. The maximum atomic E-state index is 3.96. The van der Waals surface area contributed by atoms with Gasteiger partial charge in [0.25, 0.3) is 0 Å². The minimum absolute atomic E-state index is 0.694. The number of hydrogen-bond acceptors (Lipinski definition) is 0. The fourth-order valence-electron chi connectivity index (χ4n) is 0. The summed E-state index contributed by atoms with van der Waals surface area (Å²) in [6.07, 6.45) is 0.